The van der Waals surface area contributed by atoms with Gasteiger partial charge < -0.3 is 19.0 Å². The Morgan fingerprint density at radius 3 is 2.64 bits per heavy atom. The lowest BCUT2D eigenvalue weighted by molar-refractivity contribution is -0.171. The zero-order valence-electron chi connectivity index (χ0n) is 18.9. The van der Waals surface area contributed by atoms with E-state index in [-0.39, 0.29) is 17.5 Å². The van der Waals surface area contributed by atoms with Gasteiger partial charge in [0.05, 0.1) is 23.8 Å². The smallest absolute Gasteiger partial charge is 0.312 e. The van der Waals surface area contributed by atoms with Crippen molar-refractivity contribution in [2.45, 2.75) is 63.8 Å². The van der Waals surface area contributed by atoms with Gasteiger partial charge in [-0.15, -0.1) is 11.6 Å². The Labute approximate surface area is 198 Å². The van der Waals surface area contributed by atoms with Crippen molar-refractivity contribution in [2.24, 2.45) is 17.3 Å². The third-order valence-electron chi connectivity index (χ3n) is 7.85. The van der Waals surface area contributed by atoms with Gasteiger partial charge in [0, 0.05) is 10.6 Å². The van der Waals surface area contributed by atoms with Crippen LogP contribution < -0.4 is 5.32 Å². The average Bonchev–Trinajstić information content (AvgIpc) is 3.33. The largest absolute Gasteiger partial charge is 0.467 e. The van der Waals surface area contributed by atoms with Crippen LogP contribution in [0.5, 0.6) is 0 Å². The molecule has 0 radical (unpaired) electrons. The van der Waals surface area contributed by atoms with Crippen molar-refractivity contribution in [1.82, 2.24) is 4.57 Å². The molecule has 2 heterocycles. The first-order valence-corrected chi connectivity index (χ1v) is 11.9. The number of ether oxygens (including phenoxy) is 1. The van der Waals surface area contributed by atoms with Gasteiger partial charge in [0.2, 0.25) is 0 Å². The number of nitrogens with zero attached hydrogens (tertiary/aromatic N) is 2. The molecular weight excluding hydrogens is 442 g/mol. The van der Waals surface area contributed by atoms with Crippen LogP contribution in [0.2, 0.25) is 0 Å². The van der Waals surface area contributed by atoms with Crippen molar-refractivity contribution in [2.75, 3.05) is 11.9 Å². The summed E-state index contributed by atoms with van der Waals surface area (Å²) in [7, 11) is 0. The first-order valence-electron chi connectivity index (χ1n) is 11.5. The number of hydrogen-bond acceptors (Lipinski definition) is 5. The molecule has 8 heteroatoms. The maximum absolute atomic E-state index is 13.1. The minimum Gasteiger partial charge on any atom is -0.467 e. The molecule has 4 aliphatic rings. The van der Waals surface area contributed by atoms with E-state index in [1.807, 2.05) is 24.5 Å². The van der Waals surface area contributed by atoms with Gasteiger partial charge in [-0.2, -0.15) is 5.26 Å². The maximum atomic E-state index is 13.1. The number of carbonyl (C=O) groups is 2. The molecule has 4 saturated carbocycles. The number of anilines is 1. The predicted molar refractivity (Wildman–Crippen MR) is 122 cm³/mol. The van der Waals surface area contributed by atoms with Crippen LogP contribution in [0.15, 0.2) is 22.8 Å². The van der Waals surface area contributed by atoms with Crippen LogP contribution in [0.25, 0.3) is 0 Å². The molecule has 7 nitrogen and oxygen atoms in total. The molecule has 0 aromatic carbocycles. The number of furan rings is 1. The summed E-state index contributed by atoms with van der Waals surface area (Å²) >= 11 is 6.83. The Hall–Kier alpha value is -2.72. The Morgan fingerprint density at radius 2 is 2.03 bits per heavy atom. The fourth-order valence-electron chi connectivity index (χ4n) is 6.73. The van der Waals surface area contributed by atoms with E-state index >= 15 is 0 Å². The van der Waals surface area contributed by atoms with E-state index in [4.69, 9.17) is 20.8 Å². The Bertz CT molecular complexity index is 1130. The molecule has 2 unspecified atom stereocenters. The van der Waals surface area contributed by atoms with E-state index in [9.17, 15) is 14.9 Å². The molecule has 2 aromatic heterocycles. The second-order valence-corrected chi connectivity index (χ2v) is 11.0. The number of alkyl halides is 1. The normalized spacial score (nSPS) is 29.6. The van der Waals surface area contributed by atoms with E-state index < -0.39 is 11.3 Å². The monoisotopic (exact) mass is 469 g/mol. The highest BCUT2D eigenvalue weighted by molar-refractivity contribution is 6.24. The molecule has 174 valence electrons. The number of halogens is 1. The summed E-state index contributed by atoms with van der Waals surface area (Å²) in [6.07, 6.45) is 6.93. The number of aromatic nitrogens is 1. The lowest BCUT2D eigenvalue weighted by Gasteiger charge is -2.58. The topological polar surface area (TPSA) is 97.3 Å². The van der Waals surface area contributed by atoms with Gasteiger partial charge in [-0.25, -0.2) is 0 Å². The van der Waals surface area contributed by atoms with Gasteiger partial charge in [-0.3, -0.25) is 9.59 Å². The van der Waals surface area contributed by atoms with Crippen LogP contribution in [-0.2, 0) is 20.9 Å². The highest BCUT2D eigenvalue weighted by atomic mass is 35.5. The van der Waals surface area contributed by atoms with E-state index in [2.05, 4.69) is 11.4 Å². The Balaban J connectivity index is 1.29. The fraction of sp³-hybridized carbons (Fsp3) is 0.560. The average molecular weight is 470 g/mol. The second-order valence-electron chi connectivity index (χ2n) is 10.2. The molecule has 0 saturated heterocycles. The maximum Gasteiger partial charge on any atom is 0.312 e. The van der Waals surface area contributed by atoms with Crippen molar-refractivity contribution in [1.29, 1.82) is 5.26 Å². The lowest BCUT2D eigenvalue weighted by Crippen LogP contribution is -2.56. The Morgan fingerprint density at radius 1 is 1.30 bits per heavy atom. The number of hydrogen-bond donors (Lipinski definition) is 1. The minimum atomic E-state index is -0.559. The summed E-state index contributed by atoms with van der Waals surface area (Å²) in [6, 6.07) is 5.81. The van der Waals surface area contributed by atoms with Crippen molar-refractivity contribution in [3.8, 4) is 6.07 Å². The van der Waals surface area contributed by atoms with Gasteiger partial charge in [0.1, 0.15) is 17.6 Å². The van der Waals surface area contributed by atoms with Crippen LogP contribution >= 0.6 is 11.6 Å². The molecule has 0 spiro atoms. The number of amides is 1. The number of esters is 1. The summed E-state index contributed by atoms with van der Waals surface area (Å²) in [5.41, 5.74) is 1.48. The third kappa shape index (κ3) is 3.85. The van der Waals surface area contributed by atoms with Crippen molar-refractivity contribution in [3.63, 3.8) is 0 Å². The lowest BCUT2D eigenvalue weighted by atomic mass is 9.49. The molecule has 4 aliphatic carbocycles. The van der Waals surface area contributed by atoms with Crippen LogP contribution in [0.4, 0.5) is 5.82 Å². The molecule has 0 aliphatic heterocycles. The van der Waals surface area contributed by atoms with Gasteiger partial charge in [0.15, 0.2) is 6.61 Å². The number of nitrogens with one attached hydrogen (secondary N) is 1. The summed E-state index contributed by atoms with van der Waals surface area (Å²) < 4.78 is 12.8. The summed E-state index contributed by atoms with van der Waals surface area (Å²) in [5.74, 6) is 1.26. The highest BCUT2D eigenvalue weighted by Gasteiger charge is 2.60. The SMILES string of the molecule is Cc1c(C#N)c(NC(=O)COC(=O)C23CC4CC(CC(Cl)(C4)C2)C3)n(Cc2ccco2)c1C. The van der Waals surface area contributed by atoms with Crippen LogP contribution in [0.1, 0.15) is 61.1 Å². The minimum absolute atomic E-state index is 0.297. The standard InChI is InChI=1S/C25H28ClN3O4/c1-15-16(2)29(12-19-4-3-5-32-19)22(20(15)11-27)28-21(30)13-33-23(31)24-7-17-6-18(8-24)10-25(26,9-17)14-24/h3-5,17-18H,6-10,12-14H2,1-2H3,(H,28,30). The zero-order valence-corrected chi connectivity index (χ0v) is 19.7. The van der Waals surface area contributed by atoms with E-state index in [0.717, 1.165) is 43.4 Å². The van der Waals surface area contributed by atoms with Crippen LogP contribution in [-0.4, -0.2) is 27.9 Å². The molecule has 33 heavy (non-hydrogen) atoms. The molecule has 4 bridgehead atoms. The van der Waals surface area contributed by atoms with E-state index in [0.29, 0.717) is 41.9 Å². The molecule has 6 rings (SSSR count). The second kappa shape index (κ2) is 7.95. The number of carbonyl (C=O) groups excluding carboxylic acids is 2. The van der Waals surface area contributed by atoms with Gasteiger partial charge in [0.25, 0.3) is 5.91 Å². The Kier molecular flexibility index (Phi) is 5.32. The van der Waals surface area contributed by atoms with Gasteiger partial charge in [-0.05, 0) is 81.9 Å². The first kappa shape index (κ1) is 22.1. The quantitative estimate of drug-likeness (QED) is 0.489. The molecule has 1 N–H and O–H groups in total. The van der Waals surface area contributed by atoms with E-state index in [1.165, 1.54) is 0 Å². The molecule has 2 aromatic rings. The van der Waals surface area contributed by atoms with Crippen molar-refractivity contribution < 1.29 is 18.7 Å². The van der Waals surface area contributed by atoms with Gasteiger partial charge in [-0.1, -0.05) is 0 Å². The van der Waals surface area contributed by atoms with E-state index in [1.54, 1.807) is 12.3 Å². The van der Waals surface area contributed by atoms with Crippen LogP contribution in [0.3, 0.4) is 0 Å². The first-order chi connectivity index (χ1) is 15.7. The van der Waals surface area contributed by atoms with Crippen molar-refractivity contribution in [3.05, 3.63) is 41.0 Å². The fourth-order valence-corrected chi connectivity index (χ4v) is 7.42. The summed E-state index contributed by atoms with van der Waals surface area (Å²) in [4.78, 5) is 25.6. The van der Waals surface area contributed by atoms with Gasteiger partial charge >= 0.3 is 5.97 Å². The zero-order chi connectivity index (χ0) is 23.4. The third-order valence-corrected chi connectivity index (χ3v) is 8.29. The summed E-state index contributed by atoms with van der Waals surface area (Å²) in [5, 5.41) is 12.5. The van der Waals surface area contributed by atoms with Crippen LogP contribution in [0, 0.1) is 42.4 Å². The molecule has 2 atom stereocenters. The molecular formula is C25H28ClN3O4. The predicted octanol–water partition coefficient (Wildman–Crippen LogP) is 4.68. The number of nitriles is 1. The molecule has 1 amide bonds. The summed E-state index contributed by atoms with van der Waals surface area (Å²) in [6.45, 7) is 3.72. The highest BCUT2D eigenvalue weighted by Crippen LogP contribution is 2.64. The number of rotatable bonds is 6. The van der Waals surface area contributed by atoms with Crippen molar-refractivity contribution >= 4 is 29.3 Å². The molecule has 4 fully saturated rings.